The van der Waals surface area contributed by atoms with Crippen LogP contribution in [0.3, 0.4) is 0 Å². The second-order valence-corrected chi connectivity index (χ2v) is 6.23. The molecule has 2 heterocycles. The fourth-order valence-corrected chi connectivity index (χ4v) is 3.19. The lowest BCUT2D eigenvalue weighted by Crippen LogP contribution is -2.44. The number of halogens is 1. The summed E-state index contributed by atoms with van der Waals surface area (Å²) >= 11 is 2.50. The molecule has 0 amide bonds. The van der Waals surface area contributed by atoms with Crippen LogP contribution in [0.15, 0.2) is 11.4 Å². The van der Waals surface area contributed by atoms with E-state index in [0.29, 0.717) is 9.97 Å². The van der Waals surface area contributed by atoms with Gasteiger partial charge in [0, 0.05) is 12.6 Å². The smallest absolute Gasteiger partial charge is 0.0989 e. The van der Waals surface area contributed by atoms with Gasteiger partial charge in [0.05, 0.1) is 9.75 Å². The number of nitrogens with zero attached hydrogens (tertiary/aromatic N) is 2. The Hall–Kier alpha value is 0.0300. The number of nitrogens with two attached hydrogens (primary N) is 1. The summed E-state index contributed by atoms with van der Waals surface area (Å²) in [7, 11) is 2.20. The zero-order valence-electron chi connectivity index (χ0n) is 9.54. The van der Waals surface area contributed by atoms with Crippen molar-refractivity contribution in [1.29, 1.82) is 0 Å². The topological polar surface area (TPSA) is 32.5 Å². The fraction of sp³-hybridized carbons (Fsp3) is 0.818. The summed E-state index contributed by atoms with van der Waals surface area (Å²) in [5.41, 5.74) is 7.54. The van der Waals surface area contributed by atoms with Gasteiger partial charge in [0.2, 0.25) is 0 Å². The molecule has 0 aliphatic carbocycles. The minimum absolute atomic E-state index is 0.613. The van der Waals surface area contributed by atoms with Crippen LogP contribution in [0.1, 0.15) is 19.8 Å². The molecule has 0 saturated carbocycles. The highest BCUT2D eigenvalue weighted by molar-refractivity contribution is 14.1. The molecule has 2 aliphatic heterocycles. The molecule has 2 rings (SSSR count). The second-order valence-electron chi connectivity index (χ2n) is 4.72. The van der Waals surface area contributed by atoms with Crippen molar-refractivity contribution in [1.82, 2.24) is 9.80 Å². The normalized spacial score (nSPS) is 30.3. The first-order valence-corrected chi connectivity index (χ1v) is 6.89. The first kappa shape index (κ1) is 11.5. The molecule has 15 heavy (non-hydrogen) atoms. The summed E-state index contributed by atoms with van der Waals surface area (Å²) in [6, 6.07) is 0.677. The molecule has 1 unspecified atom stereocenters. The first-order valence-electron chi connectivity index (χ1n) is 5.65. The Morgan fingerprint density at radius 1 is 1.33 bits per heavy atom. The molecular weight excluding hydrogens is 301 g/mol. The van der Waals surface area contributed by atoms with Crippen molar-refractivity contribution < 1.29 is 0 Å². The van der Waals surface area contributed by atoms with Crippen LogP contribution in [0, 0.1) is 0 Å². The fourth-order valence-electron chi connectivity index (χ4n) is 2.45. The van der Waals surface area contributed by atoms with Gasteiger partial charge in [0.15, 0.2) is 0 Å². The van der Waals surface area contributed by atoms with Gasteiger partial charge in [-0.25, -0.2) is 0 Å². The number of hydrogen-bond donors (Lipinski definition) is 1. The van der Waals surface area contributed by atoms with Crippen molar-refractivity contribution in [3.05, 3.63) is 11.4 Å². The largest absolute Gasteiger partial charge is 0.385 e. The van der Waals surface area contributed by atoms with Crippen LogP contribution in [-0.2, 0) is 0 Å². The minimum Gasteiger partial charge on any atom is -0.385 e. The summed E-state index contributed by atoms with van der Waals surface area (Å²) < 4.78 is 0.613. The van der Waals surface area contributed by atoms with Gasteiger partial charge in [-0.1, -0.05) is 22.6 Å². The molecule has 1 fully saturated rings. The Morgan fingerprint density at radius 3 is 2.40 bits per heavy atom. The average molecular weight is 321 g/mol. The summed E-state index contributed by atoms with van der Waals surface area (Å²) in [6.07, 6.45) is 2.52. The number of hydrogen-bond acceptors (Lipinski definition) is 3. The van der Waals surface area contributed by atoms with Gasteiger partial charge >= 0.3 is 0 Å². The Labute approximate surface area is 106 Å². The highest BCUT2D eigenvalue weighted by Gasteiger charge is 2.31. The van der Waals surface area contributed by atoms with Crippen LogP contribution >= 0.6 is 22.6 Å². The maximum absolute atomic E-state index is 6.17. The standard InChI is InChI=1S/C11H20IN3/c1-8-10(12)7-15(11(8)13)9-3-5-14(2)6-4-9/h9-10H,3-7,13H2,1-2H3. The van der Waals surface area contributed by atoms with Crippen LogP contribution < -0.4 is 5.73 Å². The van der Waals surface area contributed by atoms with Crippen LogP contribution in [-0.4, -0.2) is 46.4 Å². The lowest BCUT2D eigenvalue weighted by atomic mass is 10.0. The van der Waals surface area contributed by atoms with E-state index >= 15 is 0 Å². The van der Waals surface area contributed by atoms with Gasteiger partial charge < -0.3 is 15.5 Å². The molecular formula is C11H20IN3. The number of likely N-dealkylation sites (tertiary alicyclic amines) is 1. The summed E-state index contributed by atoms with van der Waals surface area (Å²) in [6.45, 7) is 5.70. The Kier molecular flexibility index (Phi) is 3.45. The maximum atomic E-state index is 6.17. The Bertz CT molecular complexity index is 269. The Balaban J connectivity index is 2.01. The third-order valence-corrected chi connectivity index (χ3v) is 5.00. The molecule has 0 aromatic heterocycles. The molecule has 2 aliphatic rings. The lowest BCUT2D eigenvalue weighted by molar-refractivity contribution is 0.159. The molecule has 4 heteroatoms. The molecule has 2 N–H and O–H groups in total. The van der Waals surface area contributed by atoms with E-state index in [-0.39, 0.29) is 0 Å². The molecule has 86 valence electrons. The average Bonchev–Trinajstić information content (AvgIpc) is 2.47. The van der Waals surface area contributed by atoms with Crippen molar-refractivity contribution >= 4 is 22.6 Å². The zero-order chi connectivity index (χ0) is 11.0. The first-order chi connectivity index (χ1) is 7.09. The highest BCUT2D eigenvalue weighted by atomic mass is 127. The molecule has 3 nitrogen and oxygen atoms in total. The summed E-state index contributed by atoms with van der Waals surface area (Å²) in [5.74, 6) is 1.05. The number of rotatable bonds is 1. The maximum Gasteiger partial charge on any atom is 0.0989 e. The van der Waals surface area contributed by atoms with Gasteiger partial charge in [0.1, 0.15) is 0 Å². The zero-order valence-corrected chi connectivity index (χ0v) is 11.7. The summed E-state index contributed by atoms with van der Waals surface area (Å²) in [4.78, 5) is 4.83. The van der Waals surface area contributed by atoms with Gasteiger partial charge in [-0.05, 0) is 45.5 Å². The SMILES string of the molecule is CC1=C(N)N(C2CCN(C)CC2)CC1I. The van der Waals surface area contributed by atoms with E-state index < -0.39 is 0 Å². The van der Waals surface area contributed by atoms with Crippen molar-refractivity contribution in [2.75, 3.05) is 26.7 Å². The monoisotopic (exact) mass is 321 g/mol. The lowest BCUT2D eigenvalue weighted by Gasteiger charge is -2.36. The van der Waals surface area contributed by atoms with Crippen LogP contribution in [0.25, 0.3) is 0 Å². The van der Waals surface area contributed by atoms with Crippen LogP contribution in [0.5, 0.6) is 0 Å². The van der Waals surface area contributed by atoms with Gasteiger partial charge in [-0.3, -0.25) is 0 Å². The predicted octanol–water partition coefficient (Wildman–Crippen LogP) is 1.39. The third kappa shape index (κ3) is 2.25. The van der Waals surface area contributed by atoms with E-state index in [4.69, 9.17) is 5.73 Å². The van der Waals surface area contributed by atoms with Crippen molar-refractivity contribution in [2.45, 2.75) is 29.7 Å². The van der Waals surface area contributed by atoms with Crippen molar-refractivity contribution in [3.8, 4) is 0 Å². The molecule has 0 aromatic rings. The van der Waals surface area contributed by atoms with E-state index in [0.717, 1.165) is 12.4 Å². The Morgan fingerprint density at radius 2 is 1.93 bits per heavy atom. The van der Waals surface area contributed by atoms with E-state index in [9.17, 15) is 0 Å². The predicted molar refractivity (Wildman–Crippen MR) is 71.9 cm³/mol. The minimum atomic E-state index is 0.613. The number of alkyl halides is 1. The second kappa shape index (κ2) is 4.49. The summed E-state index contributed by atoms with van der Waals surface area (Å²) in [5, 5.41) is 0. The molecule has 1 saturated heterocycles. The molecule has 0 aromatic carbocycles. The van der Waals surface area contributed by atoms with Gasteiger partial charge in [0.25, 0.3) is 0 Å². The molecule has 0 spiro atoms. The van der Waals surface area contributed by atoms with Gasteiger partial charge in [-0.2, -0.15) is 0 Å². The van der Waals surface area contributed by atoms with E-state index in [1.165, 1.54) is 31.5 Å². The molecule has 0 bridgehead atoms. The highest BCUT2D eigenvalue weighted by Crippen LogP contribution is 2.30. The van der Waals surface area contributed by atoms with Crippen molar-refractivity contribution in [2.24, 2.45) is 5.73 Å². The van der Waals surface area contributed by atoms with E-state index in [2.05, 4.69) is 46.4 Å². The quantitative estimate of drug-likeness (QED) is 0.585. The van der Waals surface area contributed by atoms with Gasteiger partial charge in [-0.15, -0.1) is 0 Å². The third-order valence-electron chi connectivity index (χ3n) is 3.67. The van der Waals surface area contributed by atoms with Crippen LogP contribution in [0.2, 0.25) is 0 Å². The van der Waals surface area contributed by atoms with Crippen LogP contribution in [0.4, 0.5) is 0 Å². The molecule has 0 radical (unpaired) electrons. The van der Waals surface area contributed by atoms with E-state index in [1.807, 2.05) is 0 Å². The molecule has 1 atom stereocenters. The van der Waals surface area contributed by atoms with Crippen molar-refractivity contribution in [3.63, 3.8) is 0 Å². The number of piperidine rings is 1. The van der Waals surface area contributed by atoms with E-state index in [1.54, 1.807) is 0 Å².